The van der Waals surface area contributed by atoms with Gasteiger partial charge in [0.05, 0.1) is 6.54 Å². The summed E-state index contributed by atoms with van der Waals surface area (Å²) >= 11 is 0. The Kier molecular flexibility index (Phi) is 6.42. The Morgan fingerprint density at radius 2 is 2.07 bits per heavy atom. The number of aryl methyl sites for hydroxylation is 2. The minimum atomic E-state index is -0.544. The number of likely N-dealkylation sites (tertiary alicyclic amines) is 1. The number of carbonyl (C=O) groups is 1. The van der Waals surface area contributed by atoms with Gasteiger partial charge < -0.3 is 14.8 Å². The zero-order valence-corrected chi connectivity index (χ0v) is 15.6. The van der Waals surface area contributed by atoms with Crippen LogP contribution in [0.1, 0.15) is 37.6 Å². The van der Waals surface area contributed by atoms with Gasteiger partial charge in [-0.15, -0.1) is 0 Å². The molecule has 1 aromatic heterocycles. The van der Waals surface area contributed by atoms with Crippen LogP contribution in [0, 0.1) is 17.6 Å². The quantitative estimate of drug-likeness (QED) is 0.835. The lowest BCUT2D eigenvalue weighted by Gasteiger charge is -2.32. The fourth-order valence-electron chi connectivity index (χ4n) is 3.57. The third-order valence-electron chi connectivity index (χ3n) is 5.28. The van der Waals surface area contributed by atoms with Gasteiger partial charge in [0.25, 0.3) is 0 Å². The van der Waals surface area contributed by atoms with E-state index in [2.05, 4.69) is 10.3 Å². The zero-order valence-electron chi connectivity index (χ0n) is 15.6. The van der Waals surface area contributed by atoms with Crippen molar-refractivity contribution < 1.29 is 13.6 Å². The summed E-state index contributed by atoms with van der Waals surface area (Å²) in [7, 11) is 0. The lowest BCUT2D eigenvalue weighted by atomic mass is 9.90. The van der Waals surface area contributed by atoms with E-state index in [0.29, 0.717) is 37.5 Å². The molecule has 146 valence electrons. The zero-order chi connectivity index (χ0) is 19.2. The predicted octanol–water partition coefficient (Wildman–Crippen LogP) is 3.74. The van der Waals surface area contributed by atoms with E-state index >= 15 is 0 Å². The molecule has 1 aromatic carbocycles. The van der Waals surface area contributed by atoms with Crippen molar-refractivity contribution in [1.29, 1.82) is 0 Å². The highest BCUT2D eigenvalue weighted by atomic mass is 19.1. The Bertz CT molecular complexity index is 769. The summed E-state index contributed by atoms with van der Waals surface area (Å²) in [5.41, 5.74) is 0.558. The molecule has 0 aliphatic carbocycles. The second-order valence-corrected chi connectivity index (χ2v) is 6.99. The summed E-state index contributed by atoms with van der Waals surface area (Å²) in [6.07, 6.45) is 6.89. The topological polar surface area (TPSA) is 50.2 Å². The molecule has 2 heterocycles. The van der Waals surface area contributed by atoms with Gasteiger partial charge in [-0.3, -0.25) is 0 Å². The Balaban J connectivity index is 1.41. The van der Waals surface area contributed by atoms with E-state index in [1.54, 1.807) is 6.20 Å². The predicted molar refractivity (Wildman–Crippen MR) is 99.1 cm³/mol. The van der Waals surface area contributed by atoms with Crippen LogP contribution in [0.15, 0.2) is 30.6 Å². The van der Waals surface area contributed by atoms with Gasteiger partial charge in [-0.2, -0.15) is 0 Å². The lowest BCUT2D eigenvalue weighted by molar-refractivity contribution is 0.167. The first kappa shape index (κ1) is 19.3. The molecule has 2 amide bonds. The summed E-state index contributed by atoms with van der Waals surface area (Å²) in [6.45, 7) is 4.68. The first-order valence-electron chi connectivity index (χ1n) is 9.53. The van der Waals surface area contributed by atoms with E-state index in [-0.39, 0.29) is 6.03 Å². The molecule has 0 radical (unpaired) electrons. The number of halogens is 2. The van der Waals surface area contributed by atoms with Crippen LogP contribution >= 0.6 is 0 Å². The number of rotatable bonds is 6. The summed E-state index contributed by atoms with van der Waals surface area (Å²) in [6, 6.07) is 3.69. The van der Waals surface area contributed by atoms with Crippen molar-refractivity contribution in [3.63, 3.8) is 0 Å². The average Bonchev–Trinajstić information content (AvgIpc) is 3.13. The molecule has 2 aromatic rings. The van der Waals surface area contributed by atoms with E-state index in [9.17, 15) is 13.6 Å². The third-order valence-corrected chi connectivity index (χ3v) is 5.28. The third kappa shape index (κ3) is 5.05. The van der Waals surface area contributed by atoms with E-state index in [4.69, 9.17) is 0 Å². The van der Waals surface area contributed by atoms with Gasteiger partial charge in [-0.05, 0) is 50.2 Å². The number of carbonyl (C=O) groups excluding carboxylic acids is 1. The monoisotopic (exact) mass is 376 g/mol. The van der Waals surface area contributed by atoms with Gasteiger partial charge in [-0.25, -0.2) is 18.6 Å². The lowest BCUT2D eigenvalue weighted by Crippen LogP contribution is -2.44. The van der Waals surface area contributed by atoms with Gasteiger partial charge in [0.2, 0.25) is 0 Å². The normalized spacial score (nSPS) is 15.1. The van der Waals surface area contributed by atoms with Gasteiger partial charge in [-0.1, -0.05) is 6.07 Å². The number of benzene rings is 1. The highest BCUT2D eigenvalue weighted by molar-refractivity contribution is 5.74. The molecule has 1 aliphatic rings. The molecular formula is C20H26F2N4O. The Morgan fingerprint density at radius 1 is 1.30 bits per heavy atom. The van der Waals surface area contributed by atoms with Crippen LogP contribution in [0.3, 0.4) is 0 Å². The van der Waals surface area contributed by atoms with Crippen molar-refractivity contribution >= 4 is 6.03 Å². The van der Waals surface area contributed by atoms with E-state index in [0.717, 1.165) is 37.7 Å². The first-order chi connectivity index (χ1) is 13.1. The largest absolute Gasteiger partial charge is 0.334 e. The maximum Gasteiger partial charge on any atom is 0.317 e. The average molecular weight is 376 g/mol. The van der Waals surface area contributed by atoms with E-state index in [1.165, 1.54) is 12.1 Å². The number of hydrogen-bond acceptors (Lipinski definition) is 2. The molecule has 1 saturated heterocycles. The maximum absolute atomic E-state index is 13.7. The van der Waals surface area contributed by atoms with Crippen LogP contribution in [0.5, 0.6) is 0 Å². The number of amides is 2. The number of piperidine rings is 1. The number of nitrogens with zero attached hydrogens (tertiary/aromatic N) is 3. The van der Waals surface area contributed by atoms with Crippen molar-refractivity contribution in [3.8, 4) is 0 Å². The van der Waals surface area contributed by atoms with Crippen molar-refractivity contribution in [3.05, 3.63) is 53.6 Å². The highest BCUT2D eigenvalue weighted by Gasteiger charge is 2.23. The van der Waals surface area contributed by atoms with Crippen LogP contribution < -0.4 is 5.32 Å². The Morgan fingerprint density at radius 3 is 2.78 bits per heavy atom. The minimum Gasteiger partial charge on any atom is -0.334 e. The van der Waals surface area contributed by atoms with Crippen molar-refractivity contribution in [1.82, 2.24) is 19.8 Å². The Hall–Kier alpha value is -2.44. The highest BCUT2D eigenvalue weighted by Crippen LogP contribution is 2.23. The van der Waals surface area contributed by atoms with Crippen molar-refractivity contribution in [2.75, 3.05) is 13.1 Å². The van der Waals surface area contributed by atoms with Crippen LogP contribution in [-0.4, -0.2) is 33.6 Å². The molecule has 0 bridgehead atoms. The summed E-state index contributed by atoms with van der Waals surface area (Å²) in [5.74, 6) is 0.286. The molecule has 0 unspecified atom stereocenters. The molecule has 1 aliphatic heterocycles. The molecule has 3 rings (SSSR count). The summed E-state index contributed by atoms with van der Waals surface area (Å²) < 4.78 is 28.7. The van der Waals surface area contributed by atoms with E-state index < -0.39 is 11.6 Å². The van der Waals surface area contributed by atoms with Crippen LogP contribution in [-0.2, 0) is 19.5 Å². The minimum absolute atomic E-state index is 0.0660. The Labute approximate surface area is 158 Å². The number of hydrogen-bond donors (Lipinski definition) is 1. The number of imidazole rings is 1. The standard InChI is InChI=1S/C20H26F2N4O/c1-2-25-12-9-23-19(25)14-24-20(27)26-10-7-15(8-11-26)3-4-16-5-6-17(21)13-18(16)22/h5-6,9,12-13,15H,2-4,7-8,10-11,14H2,1H3,(H,24,27). The molecule has 0 atom stereocenters. The molecule has 1 N–H and O–H groups in total. The summed E-state index contributed by atoms with van der Waals surface area (Å²) in [5, 5.41) is 2.93. The molecule has 1 fully saturated rings. The number of aromatic nitrogens is 2. The molecule has 0 spiro atoms. The van der Waals surface area contributed by atoms with Crippen molar-refractivity contribution in [2.45, 2.75) is 45.7 Å². The first-order valence-corrected chi connectivity index (χ1v) is 9.53. The van der Waals surface area contributed by atoms with Gasteiger partial charge in [0.15, 0.2) is 0 Å². The van der Waals surface area contributed by atoms with Gasteiger partial charge in [0.1, 0.15) is 17.5 Å². The second kappa shape index (κ2) is 8.97. The number of urea groups is 1. The molecular weight excluding hydrogens is 350 g/mol. The summed E-state index contributed by atoms with van der Waals surface area (Å²) in [4.78, 5) is 18.4. The molecule has 0 saturated carbocycles. The van der Waals surface area contributed by atoms with Gasteiger partial charge in [0, 0.05) is 38.1 Å². The molecule has 27 heavy (non-hydrogen) atoms. The fourth-order valence-corrected chi connectivity index (χ4v) is 3.57. The second-order valence-electron chi connectivity index (χ2n) is 6.99. The van der Waals surface area contributed by atoms with Crippen LogP contribution in [0.2, 0.25) is 0 Å². The molecule has 5 nitrogen and oxygen atoms in total. The maximum atomic E-state index is 13.7. The van der Waals surface area contributed by atoms with Gasteiger partial charge >= 0.3 is 6.03 Å². The van der Waals surface area contributed by atoms with Crippen LogP contribution in [0.4, 0.5) is 13.6 Å². The van der Waals surface area contributed by atoms with Crippen LogP contribution in [0.25, 0.3) is 0 Å². The fraction of sp³-hybridized carbons (Fsp3) is 0.500. The number of nitrogens with one attached hydrogen (secondary N) is 1. The SMILES string of the molecule is CCn1ccnc1CNC(=O)N1CCC(CCc2ccc(F)cc2F)CC1. The van der Waals surface area contributed by atoms with E-state index in [1.807, 2.05) is 22.6 Å². The molecule has 7 heteroatoms. The smallest absolute Gasteiger partial charge is 0.317 e. The van der Waals surface area contributed by atoms with Crippen molar-refractivity contribution in [2.24, 2.45) is 5.92 Å².